The molecular weight excluding hydrogens is 204 g/mol. The molecule has 0 saturated carbocycles. The van der Waals surface area contributed by atoms with E-state index in [1.165, 1.54) is 0 Å². The van der Waals surface area contributed by atoms with Crippen LogP contribution in [0.5, 0.6) is 0 Å². The molecule has 4 nitrogen and oxygen atoms in total. The number of hydrogen-bond acceptors (Lipinski definition) is 3. The van der Waals surface area contributed by atoms with Gasteiger partial charge in [-0.2, -0.15) is 5.10 Å². The lowest BCUT2D eigenvalue weighted by Gasteiger charge is -1.95. The highest BCUT2D eigenvalue weighted by molar-refractivity contribution is 5.54. The molecule has 0 aliphatic heterocycles. The van der Waals surface area contributed by atoms with Crippen molar-refractivity contribution in [3.63, 3.8) is 0 Å². The molecule has 1 aromatic carbocycles. The van der Waals surface area contributed by atoms with Crippen LogP contribution < -0.4 is 0 Å². The fourth-order valence-corrected chi connectivity index (χ4v) is 1.18. The molecule has 0 unspecified atom stereocenters. The first-order valence-corrected chi connectivity index (χ1v) is 4.17. The van der Waals surface area contributed by atoms with Gasteiger partial charge in [0.15, 0.2) is 11.6 Å². The van der Waals surface area contributed by atoms with Gasteiger partial charge < -0.3 is 5.11 Å². The van der Waals surface area contributed by atoms with Crippen molar-refractivity contribution >= 4 is 0 Å². The van der Waals surface area contributed by atoms with Crippen LogP contribution in [0.1, 0.15) is 5.82 Å². The molecule has 6 heteroatoms. The summed E-state index contributed by atoms with van der Waals surface area (Å²) in [7, 11) is 0. The van der Waals surface area contributed by atoms with Gasteiger partial charge in [0, 0.05) is 11.6 Å². The quantitative estimate of drug-likeness (QED) is 0.785. The highest BCUT2D eigenvalue weighted by Crippen LogP contribution is 2.17. The lowest BCUT2D eigenvalue weighted by atomic mass is 10.2. The zero-order valence-electron chi connectivity index (χ0n) is 7.54. The molecule has 1 aromatic heterocycles. The molecule has 0 saturated heterocycles. The molecule has 2 rings (SSSR count). The van der Waals surface area contributed by atoms with Crippen molar-refractivity contribution in [2.45, 2.75) is 6.61 Å². The fourth-order valence-electron chi connectivity index (χ4n) is 1.18. The van der Waals surface area contributed by atoms with E-state index in [4.69, 9.17) is 5.11 Å². The Hall–Kier alpha value is -1.82. The number of aromatic nitrogens is 3. The van der Waals surface area contributed by atoms with E-state index in [0.29, 0.717) is 0 Å². The van der Waals surface area contributed by atoms with Crippen molar-refractivity contribution in [2.24, 2.45) is 0 Å². The van der Waals surface area contributed by atoms with Gasteiger partial charge in [0.05, 0.1) is 0 Å². The zero-order chi connectivity index (χ0) is 10.8. The molecule has 0 spiro atoms. The van der Waals surface area contributed by atoms with E-state index in [-0.39, 0.29) is 23.8 Å². The lowest BCUT2D eigenvalue weighted by molar-refractivity contribution is 0.272. The van der Waals surface area contributed by atoms with Gasteiger partial charge in [0.2, 0.25) is 0 Å². The number of hydrogen-bond donors (Lipinski definition) is 2. The topological polar surface area (TPSA) is 61.8 Å². The summed E-state index contributed by atoms with van der Waals surface area (Å²) in [5, 5.41) is 14.9. The second-order valence-corrected chi connectivity index (χ2v) is 2.92. The van der Waals surface area contributed by atoms with E-state index < -0.39 is 11.6 Å². The van der Waals surface area contributed by atoms with Crippen LogP contribution in [0.15, 0.2) is 18.2 Å². The molecule has 78 valence electrons. The van der Waals surface area contributed by atoms with Crippen molar-refractivity contribution in [3.05, 3.63) is 35.7 Å². The number of aliphatic hydroxyl groups excluding tert-OH is 1. The van der Waals surface area contributed by atoms with Gasteiger partial charge in [-0.15, -0.1) is 0 Å². The first-order valence-electron chi connectivity index (χ1n) is 4.17. The smallest absolute Gasteiger partial charge is 0.181 e. The third kappa shape index (κ3) is 1.99. The second kappa shape index (κ2) is 3.74. The predicted octanol–water partition coefficient (Wildman–Crippen LogP) is 1.24. The fraction of sp³-hybridized carbons (Fsp3) is 0.111. The van der Waals surface area contributed by atoms with Crippen LogP contribution in [-0.4, -0.2) is 20.3 Å². The van der Waals surface area contributed by atoms with E-state index in [9.17, 15) is 8.78 Å². The van der Waals surface area contributed by atoms with Gasteiger partial charge in [0.25, 0.3) is 0 Å². The molecule has 0 aliphatic carbocycles. The summed E-state index contributed by atoms with van der Waals surface area (Å²) in [5.41, 5.74) is 0.225. The Morgan fingerprint density at radius 2 is 1.87 bits per heavy atom. The summed E-state index contributed by atoms with van der Waals surface area (Å²) in [5.74, 6) is -0.993. The zero-order valence-corrected chi connectivity index (χ0v) is 7.54. The second-order valence-electron chi connectivity index (χ2n) is 2.92. The van der Waals surface area contributed by atoms with Crippen LogP contribution >= 0.6 is 0 Å². The maximum atomic E-state index is 12.8. The van der Waals surface area contributed by atoms with E-state index in [2.05, 4.69) is 15.2 Å². The van der Waals surface area contributed by atoms with Crippen molar-refractivity contribution in [2.75, 3.05) is 0 Å². The van der Waals surface area contributed by atoms with Gasteiger partial charge in [0.1, 0.15) is 18.2 Å². The van der Waals surface area contributed by atoms with Crippen LogP contribution in [-0.2, 0) is 6.61 Å². The average Bonchev–Trinajstić information content (AvgIpc) is 2.64. The van der Waals surface area contributed by atoms with Crippen LogP contribution in [0.2, 0.25) is 0 Å². The Morgan fingerprint density at radius 1 is 1.20 bits per heavy atom. The number of rotatable bonds is 2. The van der Waals surface area contributed by atoms with E-state index in [1.54, 1.807) is 0 Å². The standard InChI is InChI=1S/C9H7F2N3O/c10-6-1-5(2-7(11)3-6)9-12-8(4-15)13-14-9/h1-3,15H,4H2,(H,12,13,14). The Balaban J connectivity index is 2.44. The minimum Gasteiger partial charge on any atom is -0.388 e. The molecule has 0 radical (unpaired) electrons. The van der Waals surface area contributed by atoms with E-state index in [1.807, 2.05) is 0 Å². The lowest BCUT2D eigenvalue weighted by Crippen LogP contribution is -1.87. The van der Waals surface area contributed by atoms with Crippen LogP contribution in [0.25, 0.3) is 11.4 Å². The van der Waals surface area contributed by atoms with Crippen molar-refractivity contribution < 1.29 is 13.9 Å². The average molecular weight is 211 g/mol. The molecule has 0 bridgehead atoms. The molecule has 0 fully saturated rings. The first-order chi connectivity index (χ1) is 7.19. The Kier molecular flexibility index (Phi) is 2.42. The third-order valence-corrected chi connectivity index (χ3v) is 1.80. The minimum absolute atomic E-state index is 0.150. The SMILES string of the molecule is OCc1nc(-c2cc(F)cc(F)c2)n[nH]1. The van der Waals surface area contributed by atoms with Gasteiger partial charge in [-0.05, 0) is 12.1 Å². The van der Waals surface area contributed by atoms with Crippen molar-refractivity contribution in [3.8, 4) is 11.4 Å². The van der Waals surface area contributed by atoms with Gasteiger partial charge in [-0.1, -0.05) is 0 Å². The monoisotopic (exact) mass is 211 g/mol. The molecule has 0 aliphatic rings. The third-order valence-electron chi connectivity index (χ3n) is 1.80. The summed E-state index contributed by atoms with van der Waals surface area (Å²) in [4.78, 5) is 3.83. The number of aliphatic hydroxyl groups is 1. The summed E-state index contributed by atoms with van der Waals surface area (Å²) < 4.78 is 25.7. The largest absolute Gasteiger partial charge is 0.388 e. The first kappa shape index (κ1) is 9.72. The number of halogens is 2. The molecule has 2 aromatic rings. The maximum Gasteiger partial charge on any atom is 0.181 e. The number of nitrogens with zero attached hydrogens (tertiary/aromatic N) is 2. The minimum atomic E-state index is -0.694. The Morgan fingerprint density at radius 3 is 2.40 bits per heavy atom. The van der Waals surface area contributed by atoms with E-state index in [0.717, 1.165) is 18.2 Å². The number of H-pyrrole nitrogens is 1. The normalized spacial score (nSPS) is 10.6. The van der Waals surface area contributed by atoms with Gasteiger partial charge >= 0.3 is 0 Å². The van der Waals surface area contributed by atoms with Crippen LogP contribution in [0, 0.1) is 11.6 Å². The highest BCUT2D eigenvalue weighted by Gasteiger charge is 2.08. The maximum absolute atomic E-state index is 12.8. The summed E-state index contributed by atoms with van der Waals surface area (Å²) >= 11 is 0. The van der Waals surface area contributed by atoms with Crippen molar-refractivity contribution in [1.82, 2.24) is 15.2 Å². The molecular formula is C9H7F2N3O. The van der Waals surface area contributed by atoms with Crippen LogP contribution in [0.4, 0.5) is 8.78 Å². The summed E-state index contributed by atoms with van der Waals surface area (Å²) in [6, 6.07) is 3.00. The van der Waals surface area contributed by atoms with Gasteiger partial charge in [-0.25, -0.2) is 13.8 Å². The van der Waals surface area contributed by atoms with Gasteiger partial charge in [-0.3, -0.25) is 5.10 Å². The number of aromatic amines is 1. The van der Waals surface area contributed by atoms with E-state index >= 15 is 0 Å². The molecule has 2 N–H and O–H groups in total. The summed E-state index contributed by atoms with van der Waals surface area (Å²) in [6.07, 6.45) is 0. The number of benzene rings is 1. The molecule has 15 heavy (non-hydrogen) atoms. The number of nitrogens with one attached hydrogen (secondary N) is 1. The van der Waals surface area contributed by atoms with Crippen LogP contribution in [0.3, 0.4) is 0 Å². The molecule has 1 heterocycles. The summed E-state index contributed by atoms with van der Waals surface area (Å²) in [6.45, 7) is -0.301. The molecule has 0 amide bonds. The Bertz CT molecular complexity index is 464. The highest BCUT2D eigenvalue weighted by atomic mass is 19.1. The van der Waals surface area contributed by atoms with Crippen molar-refractivity contribution in [1.29, 1.82) is 0 Å². The predicted molar refractivity (Wildman–Crippen MR) is 47.7 cm³/mol. The molecule has 0 atom stereocenters. The Labute approximate surface area is 83.6 Å².